The van der Waals surface area contributed by atoms with Crippen LogP contribution in [0.2, 0.25) is 0 Å². The Kier molecular flexibility index (Phi) is 3.69. The van der Waals surface area contributed by atoms with E-state index in [1.807, 2.05) is 0 Å². The van der Waals surface area contributed by atoms with E-state index in [-0.39, 0.29) is 19.1 Å². The highest BCUT2D eigenvalue weighted by atomic mass is 16.3. The molecule has 6 heteroatoms. The zero-order valence-corrected chi connectivity index (χ0v) is 4.96. The minimum absolute atomic E-state index is 0.0407. The SMILES string of the molecule is N=C(N)N(N)NCCO. The monoisotopic (exact) mass is 133 g/mol. The van der Waals surface area contributed by atoms with Gasteiger partial charge < -0.3 is 10.8 Å². The highest BCUT2D eigenvalue weighted by Gasteiger charge is 1.95. The number of nitrogens with zero attached hydrogens (tertiary/aromatic N) is 1. The molecule has 0 spiro atoms. The van der Waals surface area contributed by atoms with Crippen molar-refractivity contribution in [3.05, 3.63) is 0 Å². The van der Waals surface area contributed by atoms with Gasteiger partial charge in [-0.1, -0.05) is 0 Å². The second-order valence-corrected chi connectivity index (χ2v) is 1.39. The first-order valence-corrected chi connectivity index (χ1v) is 2.41. The van der Waals surface area contributed by atoms with Crippen LogP contribution in [0.3, 0.4) is 0 Å². The van der Waals surface area contributed by atoms with E-state index in [9.17, 15) is 0 Å². The summed E-state index contributed by atoms with van der Waals surface area (Å²) in [5.74, 6) is 4.78. The van der Waals surface area contributed by atoms with Crippen LogP contribution in [0.4, 0.5) is 0 Å². The van der Waals surface area contributed by atoms with E-state index in [0.29, 0.717) is 0 Å². The Hall–Kier alpha value is -0.850. The van der Waals surface area contributed by atoms with Crippen molar-refractivity contribution >= 4 is 5.96 Å². The lowest BCUT2D eigenvalue weighted by Gasteiger charge is -2.15. The molecule has 7 N–H and O–H groups in total. The summed E-state index contributed by atoms with van der Waals surface area (Å²) in [6, 6.07) is 0. The number of aliphatic hydroxyl groups excluding tert-OH is 1. The molecule has 0 heterocycles. The lowest BCUT2D eigenvalue weighted by atomic mass is 10.7. The molecule has 0 fully saturated rings. The number of hydrogen-bond acceptors (Lipinski definition) is 4. The standard InChI is InChI=1S/C3H11N5O/c4-3(5)8(6)7-1-2-9/h7,9H,1-2,6H2,(H3,4,5). The number of rotatable bonds is 3. The molecule has 6 nitrogen and oxygen atoms in total. The van der Waals surface area contributed by atoms with Crippen LogP contribution in [0.5, 0.6) is 0 Å². The second kappa shape index (κ2) is 4.07. The van der Waals surface area contributed by atoms with Crippen molar-refractivity contribution in [2.75, 3.05) is 13.2 Å². The van der Waals surface area contributed by atoms with Crippen molar-refractivity contribution in [1.29, 1.82) is 5.41 Å². The van der Waals surface area contributed by atoms with Crippen molar-refractivity contribution in [3.63, 3.8) is 0 Å². The zero-order chi connectivity index (χ0) is 7.28. The molecule has 0 aliphatic rings. The first kappa shape index (κ1) is 8.15. The van der Waals surface area contributed by atoms with Crippen LogP contribution < -0.4 is 17.0 Å². The van der Waals surface area contributed by atoms with E-state index < -0.39 is 0 Å². The molecule has 0 bridgehead atoms. The van der Waals surface area contributed by atoms with Gasteiger partial charge in [-0.2, -0.15) is 0 Å². The van der Waals surface area contributed by atoms with E-state index in [4.69, 9.17) is 22.1 Å². The predicted molar refractivity (Wildman–Crippen MR) is 33.0 cm³/mol. The fraction of sp³-hybridized carbons (Fsp3) is 0.667. The first-order chi connectivity index (χ1) is 4.18. The maximum Gasteiger partial charge on any atom is 0.218 e. The van der Waals surface area contributed by atoms with Gasteiger partial charge in [0.15, 0.2) is 0 Å². The van der Waals surface area contributed by atoms with E-state index in [0.717, 1.165) is 5.12 Å². The minimum Gasteiger partial charge on any atom is -0.395 e. The molecule has 9 heavy (non-hydrogen) atoms. The molecule has 54 valence electrons. The van der Waals surface area contributed by atoms with Crippen LogP contribution in [0, 0.1) is 5.41 Å². The molecule has 0 aromatic carbocycles. The summed E-state index contributed by atoms with van der Waals surface area (Å²) in [6.45, 7) is 0.247. The number of hydrogen-bond donors (Lipinski definition) is 5. The number of nitrogens with one attached hydrogen (secondary N) is 2. The lowest BCUT2D eigenvalue weighted by Crippen LogP contribution is -2.52. The van der Waals surface area contributed by atoms with Gasteiger partial charge in [-0.15, -0.1) is 0 Å². The molecule has 0 aliphatic heterocycles. The van der Waals surface area contributed by atoms with Gasteiger partial charge in [0, 0.05) is 6.54 Å². The summed E-state index contributed by atoms with van der Waals surface area (Å²) in [7, 11) is 0. The topological polar surface area (TPSA) is 111 Å². The van der Waals surface area contributed by atoms with Gasteiger partial charge in [0.05, 0.1) is 6.61 Å². The molecule has 0 saturated carbocycles. The largest absolute Gasteiger partial charge is 0.395 e. The van der Waals surface area contributed by atoms with Gasteiger partial charge in [0.25, 0.3) is 0 Å². The van der Waals surface area contributed by atoms with Gasteiger partial charge in [-0.25, -0.2) is 16.4 Å². The van der Waals surface area contributed by atoms with E-state index >= 15 is 0 Å². The zero-order valence-electron chi connectivity index (χ0n) is 4.96. The number of aliphatic hydroxyl groups is 1. The van der Waals surface area contributed by atoms with Gasteiger partial charge in [-0.3, -0.25) is 5.41 Å². The third-order valence-electron chi connectivity index (χ3n) is 0.653. The van der Waals surface area contributed by atoms with Crippen molar-refractivity contribution in [3.8, 4) is 0 Å². The van der Waals surface area contributed by atoms with E-state index in [1.54, 1.807) is 0 Å². The third-order valence-corrected chi connectivity index (χ3v) is 0.653. The third kappa shape index (κ3) is 3.71. The Morgan fingerprint density at radius 1 is 1.78 bits per heavy atom. The van der Waals surface area contributed by atoms with Crippen molar-refractivity contribution in [2.24, 2.45) is 11.6 Å². The maximum absolute atomic E-state index is 8.24. The van der Waals surface area contributed by atoms with Crippen molar-refractivity contribution in [1.82, 2.24) is 10.5 Å². The van der Waals surface area contributed by atoms with Gasteiger partial charge >= 0.3 is 0 Å². The fourth-order valence-corrected chi connectivity index (χ4v) is 0.256. The van der Waals surface area contributed by atoms with Crippen LogP contribution in [-0.4, -0.2) is 29.3 Å². The molecule has 0 aromatic heterocycles. The predicted octanol–water partition coefficient (Wildman–Crippen LogP) is -2.45. The Balaban J connectivity index is 3.27. The van der Waals surface area contributed by atoms with Crippen molar-refractivity contribution < 1.29 is 5.11 Å². The molecular weight excluding hydrogens is 122 g/mol. The molecule has 0 atom stereocenters. The summed E-state index contributed by atoms with van der Waals surface area (Å²) in [5.41, 5.74) is 7.36. The number of guanidine groups is 1. The highest BCUT2D eigenvalue weighted by Crippen LogP contribution is 1.63. The summed E-state index contributed by atoms with van der Waals surface area (Å²) in [5, 5.41) is 15.8. The normalized spacial score (nSPS) is 9.11. The van der Waals surface area contributed by atoms with Gasteiger partial charge in [-0.05, 0) is 0 Å². The molecule has 0 rings (SSSR count). The fourth-order valence-electron chi connectivity index (χ4n) is 0.256. The Morgan fingerprint density at radius 3 is 2.67 bits per heavy atom. The molecule has 0 aliphatic carbocycles. The van der Waals surface area contributed by atoms with Gasteiger partial charge in [0.1, 0.15) is 0 Å². The Bertz CT molecular complexity index is 94.2. The minimum atomic E-state index is -0.288. The Morgan fingerprint density at radius 2 is 2.33 bits per heavy atom. The molecule has 0 unspecified atom stereocenters. The summed E-state index contributed by atoms with van der Waals surface area (Å²) < 4.78 is 0. The van der Waals surface area contributed by atoms with Crippen LogP contribution in [0.25, 0.3) is 0 Å². The molecule has 0 amide bonds. The van der Waals surface area contributed by atoms with Crippen LogP contribution in [-0.2, 0) is 0 Å². The molecule has 0 aromatic rings. The molecule has 0 radical (unpaired) electrons. The van der Waals surface area contributed by atoms with Crippen LogP contribution in [0.15, 0.2) is 0 Å². The van der Waals surface area contributed by atoms with Crippen molar-refractivity contribution in [2.45, 2.75) is 0 Å². The van der Waals surface area contributed by atoms with E-state index in [1.165, 1.54) is 0 Å². The maximum atomic E-state index is 8.24. The average molecular weight is 133 g/mol. The smallest absolute Gasteiger partial charge is 0.218 e. The van der Waals surface area contributed by atoms with Gasteiger partial charge in [0.2, 0.25) is 5.96 Å². The summed E-state index contributed by atoms with van der Waals surface area (Å²) >= 11 is 0. The average Bonchev–Trinajstić information content (AvgIpc) is 1.82. The summed E-state index contributed by atoms with van der Waals surface area (Å²) in [4.78, 5) is 0. The summed E-state index contributed by atoms with van der Waals surface area (Å²) in [6.07, 6.45) is 0. The van der Waals surface area contributed by atoms with E-state index in [2.05, 4.69) is 5.43 Å². The second-order valence-electron chi connectivity index (χ2n) is 1.39. The Labute approximate surface area is 52.9 Å². The number of nitrogens with two attached hydrogens (primary N) is 2. The number of hydrazine groups is 2. The quantitative estimate of drug-likeness (QED) is 0.127. The van der Waals surface area contributed by atoms with Crippen LogP contribution in [0.1, 0.15) is 0 Å². The molecular formula is C3H11N5O. The lowest BCUT2D eigenvalue weighted by molar-refractivity contribution is 0.236. The molecule has 0 saturated heterocycles. The van der Waals surface area contributed by atoms with Crippen LogP contribution >= 0.6 is 0 Å². The first-order valence-electron chi connectivity index (χ1n) is 2.41. The highest BCUT2D eigenvalue weighted by molar-refractivity contribution is 5.73.